The number of amidine groups is 1. The minimum absolute atomic E-state index is 0.229. The monoisotopic (exact) mass is 324 g/mol. The van der Waals surface area contributed by atoms with Crippen LogP contribution in [-0.4, -0.2) is 11.7 Å². The molecular formula is C15H14Cl2N2S. The molecule has 2 rings (SSSR count). The van der Waals surface area contributed by atoms with Gasteiger partial charge < -0.3 is 5.73 Å². The summed E-state index contributed by atoms with van der Waals surface area (Å²) < 4.78 is 0. The molecule has 2 N–H and O–H groups in total. The van der Waals surface area contributed by atoms with E-state index in [-0.39, 0.29) is 5.88 Å². The lowest BCUT2D eigenvalue weighted by Gasteiger charge is -2.06. The molecule has 0 bridgehead atoms. The van der Waals surface area contributed by atoms with Crippen LogP contribution in [0.3, 0.4) is 0 Å². The molecule has 0 saturated carbocycles. The van der Waals surface area contributed by atoms with E-state index in [1.165, 1.54) is 5.56 Å². The summed E-state index contributed by atoms with van der Waals surface area (Å²) in [7, 11) is 0. The van der Waals surface area contributed by atoms with Gasteiger partial charge in [0.1, 0.15) is 5.84 Å². The number of hydrogen-bond acceptors (Lipinski definition) is 2. The molecule has 0 fully saturated rings. The topological polar surface area (TPSA) is 38.4 Å². The molecule has 5 heteroatoms. The fourth-order valence-corrected chi connectivity index (χ4v) is 2.85. The Morgan fingerprint density at radius 2 is 1.95 bits per heavy atom. The minimum atomic E-state index is 0.229. The fraction of sp³-hybridized carbons (Fsp3) is 0.133. The molecule has 2 aromatic carbocycles. The molecule has 2 nitrogen and oxygen atoms in total. The third-order valence-corrected chi connectivity index (χ3v) is 4.19. The Morgan fingerprint density at radius 3 is 2.70 bits per heavy atom. The second-order valence-corrected chi connectivity index (χ2v) is 5.84. The van der Waals surface area contributed by atoms with Crippen molar-refractivity contribution in [1.82, 2.24) is 0 Å². The third kappa shape index (κ3) is 4.44. The van der Waals surface area contributed by atoms with Crippen molar-refractivity contribution in [3.05, 3.63) is 59.1 Å². The van der Waals surface area contributed by atoms with Crippen molar-refractivity contribution >= 4 is 46.5 Å². The molecule has 0 heterocycles. The zero-order chi connectivity index (χ0) is 14.4. The number of benzene rings is 2. The molecule has 0 atom stereocenters. The highest BCUT2D eigenvalue weighted by Crippen LogP contribution is 2.32. The molecule has 0 aromatic heterocycles. The van der Waals surface area contributed by atoms with E-state index in [1.54, 1.807) is 11.8 Å². The molecule has 104 valence electrons. The van der Waals surface area contributed by atoms with Crippen LogP contribution < -0.4 is 5.73 Å². The van der Waals surface area contributed by atoms with E-state index in [2.05, 4.69) is 11.1 Å². The van der Waals surface area contributed by atoms with Crippen molar-refractivity contribution in [3.63, 3.8) is 0 Å². The van der Waals surface area contributed by atoms with Gasteiger partial charge in [-0.15, -0.1) is 23.4 Å². The Kier molecular flexibility index (Phi) is 5.77. The highest BCUT2D eigenvalue weighted by Gasteiger charge is 2.03. The van der Waals surface area contributed by atoms with Crippen LogP contribution >= 0.6 is 35.0 Å². The van der Waals surface area contributed by atoms with Crippen molar-refractivity contribution in [1.29, 1.82) is 0 Å². The predicted molar refractivity (Wildman–Crippen MR) is 89.5 cm³/mol. The van der Waals surface area contributed by atoms with Crippen molar-refractivity contribution in [2.75, 3.05) is 5.88 Å². The van der Waals surface area contributed by atoms with Crippen LogP contribution in [0.5, 0.6) is 0 Å². The van der Waals surface area contributed by atoms with Gasteiger partial charge in [0.25, 0.3) is 0 Å². The predicted octanol–water partition coefficient (Wildman–Crippen LogP) is 4.86. The number of para-hydroxylation sites is 1. The SMILES string of the molecule is NC(CCl)=Nc1ccccc1SCc1cccc(Cl)c1. The molecule has 20 heavy (non-hydrogen) atoms. The number of alkyl halides is 1. The lowest BCUT2D eigenvalue weighted by Crippen LogP contribution is -2.12. The maximum absolute atomic E-state index is 5.98. The summed E-state index contributed by atoms with van der Waals surface area (Å²) in [5.74, 6) is 1.48. The van der Waals surface area contributed by atoms with Crippen LogP contribution in [0, 0.1) is 0 Å². The molecule has 0 spiro atoms. The number of aliphatic imine (C=N–C) groups is 1. The van der Waals surface area contributed by atoms with Gasteiger partial charge in [-0.2, -0.15) is 0 Å². The van der Waals surface area contributed by atoms with Crippen LogP contribution in [-0.2, 0) is 5.75 Å². The van der Waals surface area contributed by atoms with E-state index in [4.69, 9.17) is 28.9 Å². The normalized spacial score (nSPS) is 11.6. The largest absolute Gasteiger partial charge is 0.386 e. The molecular weight excluding hydrogens is 311 g/mol. The average Bonchev–Trinajstić information content (AvgIpc) is 2.46. The molecule has 0 radical (unpaired) electrons. The van der Waals surface area contributed by atoms with Crippen molar-refractivity contribution in [2.24, 2.45) is 10.7 Å². The van der Waals surface area contributed by atoms with Gasteiger partial charge in [-0.1, -0.05) is 35.9 Å². The molecule has 0 saturated heterocycles. The van der Waals surface area contributed by atoms with Gasteiger partial charge in [0.15, 0.2) is 0 Å². The van der Waals surface area contributed by atoms with Crippen molar-refractivity contribution in [3.8, 4) is 0 Å². The lowest BCUT2D eigenvalue weighted by molar-refractivity contribution is 1.33. The van der Waals surface area contributed by atoms with Crippen LogP contribution in [0.4, 0.5) is 5.69 Å². The Hall–Kier alpha value is -1.16. The Bertz CT molecular complexity index is 614. The van der Waals surface area contributed by atoms with E-state index in [0.717, 1.165) is 21.4 Å². The number of thioether (sulfide) groups is 1. The maximum atomic E-state index is 5.98. The summed E-state index contributed by atoms with van der Waals surface area (Å²) in [6, 6.07) is 15.7. The first-order valence-electron chi connectivity index (χ1n) is 6.04. The van der Waals surface area contributed by atoms with E-state index in [1.807, 2.05) is 42.5 Å². The zero-order valence-electron chi connectivity index (χ0n) is 10.7. The van der Waals surface area contributed by atoms with Crippen LogP contribution in [0.15, 0.2) is 58.4 Å². The second-order valence-electron chi connectivity index (χ2n) is 4.12. The van der Waals surface area contributed by atoms with E-state index < -0.39 is 0 Å². The highest BCUT2D eigenvalue weighted by molar-refractivity contribution is 7.98. The van der Waals surface area contributed by atoms with Crippen molar-refractivity contribution in [2.45, 2.75) is 10.6 Å². The summed E-state index contributed by atoms with van der Waals surface area (Å²) in [5.41, 5.74) is 7.71. The summed E-state index contributed by atoms with van der Waals surface area (Å²) in [5, 5.41) is 0.751. The van der Waals surface area contributed by atoms with E-state index in [0.29, 0.717) is 5.84 Å². The third-order valence-electron chi connectivity index (χ3n) is 2.55. The van der Waals surface area contributed by atoms with E-state index >= 15 is 0 Å². The van der Waals surface area contributed by atoms with Gasteiger partial charge in [0.05, 0.1) is 11.6 Å². The smallest absolute Gasteiger partial charge is 0.115 e. The molecule has 0 aliphatic rings. The molecule has 0 aliphatic carbocycles. The fourth-order valence-electron chi connectivity index (χ4n) is 1.64. The second kappa shape index (κ2) is 7.58. The van der Waals surface area contributed by atoms with Gasteiger partial charge >= 0.3 is 0 Å². The van der Waals surface area contributed by atoms with Gasteiger partial charge in [0, 0.05) is 15.7 Å². The van der Waals surface area contributed by atoms with Gasteiger partial charge in [-0.05, 0) is 29.8 Å². The molecule has 0 amide bonds. The highest BCUT2D eigenvalue weighted by atomic mass is 35.5. The van der Waals surface area contributed by atoms with Gasteiger partial charge in [-0.3, -0.25) is 0 Å². The first-order valence-corrected chi connectivity index (χ1v) is 7.94. The van der Waals surface area contributed by atoms with Gasteiger partial charge in [-0.25, -0.2) is 4.99 Å². The number of nitrogens with two attached hydrogens (primary N) is 1. The first-order chi connectivity index (χ1) is 9.69. The first kappa shape index (κ1) is 15.2. The Morgan fingerprint density at radius 1 is 1.15 bits per heavy atom. The summed E-state index contributed by atoms with van der Waals surface area (Å²) in [4.78, 5) is 5.39. The minimum Gasteiger partial charge on any atom is -0.386 e. The lowest BCUT2D eigenvalue weighted by atomic mass is 10.2. The number of rotatable bonds is 5. The average molecular weight is 325 g/mol. The number of nitrogens with zero attached hydrogens (tertiary/aromatic N) is 1. The van der Waals surface area contributed by atoms with Crippen LogP contribution in [0.1, 0.15) is 5.56 Å². The van der Waals surface area contributed by atoms with Crippen molar-refractivity contribution < 1.29 is 0 Å². The maximum Gasteiger partial charge on any atom is 0.115 e. The Labute approximate surface area is 133 Å². The summed E-state index contributed by atoms with van der Waals surface area (Å²) in [6.45, 7) is 0. The quantitative estimate of drug-likeness (QED) is 0.369. The van der Waals surface area contributed by atoms with E-state index in [9.17, 15) is 0 Å². The Balaban J connectivity index is 2.13. The summed E-state index contributed by atoms with van der Waals surface area (Å²) >= 11 is 13.3. The molecule has 2 aromatic rings. The standard InChI is InChI=1S/C15H14Cl2N2S/c16-9-15(18)19-13-6-1-2-7-14(13)20-10-11-4-3-5-12(17)8-11/h1-8H,9-10H2,(H2,18,19). The number of halogens is 2. The molecule has 0 aliphatic heterocycles. The van der Waals surface area contributed by atoms with Crippen LogP contribution in [0.2, 0.25) is 5.02 Å². The zero-order valence-corrected chi connectivity index (χ0v) is 13.1. The van der Waals surface area contributed by atoms with Crippen LogP contribution in [0.25, 0.3) is 0 Å². The number of hydrogen-bond donors (Lipinski definition) is 1. The van der Waals surface area contributed by atoms with Gasteiger partial charge in [0.2, 0.25) is 0 Å². The summed E-state index contributed by atoms with van der Waals surface area (Å²) in [6.07, 6.45) is 0. The molecule has 0 unspecified atom stereocenters.